The molecule has 2 fully saturated rings. The zero-order valence-corrected chi connectivity index (χ0v) is 14.1. The van der Waals surface area contributed by atoms with Crippen LogP contribution in [0.4, 0.5) is 0 Å². The van der Waals surface area contributed by atoms with Crippen molar-refractivity contribution in [1.29, 1.82) is 0 Å². The van der Waals surface area contributed by atoms with Gasteiger partial charge in [0, 0.05) is 38.6 Å². The van der Waals surface area contributed by atoms with E-state index in [0.29, 0.717) is 25.4 Å². The summed E-state index contributed by atoms with van der Waals surface area (Å²) in [5, 5.41) is 0. The molecule has 0 unspecified atom stereocenters. The molecule has 2 aromatic heterocycles. The van der Waals surface area contributed by atoms with Gasteiger partial charge in [-0.2, -0.15) is 0 Å². The van der Waals surface area contributed by atoms with E-state index in [-0.39, 0.29) is 11.8 Å². The van der Waals surface area contributed by atoms with Gasteiger partial charge in [-0.25, -0.2) is 0 Å². The number of furan rings is 1. The van der Waals surface area contributed by atoms with Crippen molar-refractivity contribution in [2.45, 2.75) is 25.8 Å². The van der Waals surface area contributed by atoms with E-state index in [4.69, 9.17) is 4.42 Å². The minimum absolute atomic E-state index is 0.121. The molecule has 0 aromatic carbocycles. The Labute approximate surface area is 146 Å². The van der Waals surface area contributed by atoms with E-state index < -0.39 is 5.41 Å². The van der Waals surface area contributed by atoms with Crippen LogP contribution in [0.1, 0.15) is 35.4 Å². The number of piperidine rings is 1. The highest BCUT2D eigenvalue weighted by atomic mass is 16.3. The maximum Gasteiger partial charge on any atom is 0.289 e. The monoisotopic (exact) mass is 339 g/mol. The first kappa shape index (κ1) is 15.9. The second-order valence-corrected chi connectivity index (χ2v) is 6.92. The maximum atomic E-state index is 13.1. The lowest BCUT2D eigenvalue weighted by Crippen LogP contribution is -2.49. The number of likely N-dealkylation sites (tertiary alicyclic amines) is 2. The molecule has 6 nitrogen and oxygen atoms in total. The number of nitrogens with zero attached hydrogens (tertiary/aromatic N) is 3. The normalized spacial score (nSPS) is 23.4. The number of pyridine rings is 1. The van der Waals surface area contributed by atoms with Crippen LogP contribution in [0.2, 0.25) is 0 Å². The van der Waals surface area contributed by atoms with Crippen LogP contribution in [0.3, 0.4) is 0 Å². The number of aromatic nitrogens is 1. The first-order chi connectivity index (χ1) is 12.2. The summed E-state index contributed by atoms with van der Waals surface area (Å²) in [4.78, 5) is 33.4. The summed E-state index contributed by atoms with van der Waals surface area (Å²) in [5.41, 5.74) is 0.646. The standard InChI is InChI=1S/C19H21N3O3/c23-17(16-3-1-12-25-16)22-10-2-6-19(14-22)7-11-21(18(19)24)13-15-4-8-20-9-5-15/h1,3-5,8-9,12H,2,6-7,10-11,13-14H2/t19-/m1/s1. The second kappa shape index (κ2) is 6.35. The Morgan fingerprint density at radius 3 is 2.80 bits per heavy atom. The third kappa shape index (κ3) is 2.92. The van der Waals surface area contributed by atoms with Crippen LogP contribution in [-0.2, 0) is 11.3 Å². The Bertz CT molecular complexity index is 759. The molecule has 2 amide bonds. The van der Waals surface area contributed by atoms with Crippen LogP contribution in [-0.4, -0.2) is 46.2 Å². The topological polar surface area (TPSA) is 66.7 Å². The predicted molar refractivity (Wildman–Crippen MR) is 90.5 cm³/mol. The Morgan fingerprint density at radius 2 is 2.04 bits per heavy atom. The maximum absolute atomic E-state index is 13.1. The molecule has 4 rings (SSSR count). The third-order valence-corrected chi connectivity index (χ3v) is 5.32. The highest BCUT2D eigenvalue weighted by Crippen LogP contribution is 2.41. The van der Waals surface area contributed by atoms with Gasteiger partial charge in [-0.15, -0.1) is 0 Å². The van der Waals surface area contributed by atoms with Crippen molar-refractivity contribution in [1.82, 2.24) is 14.8 Å². The molecule has 0 radical (unpaired) electrons. The Balaban J connectivity index is 1.48. The average molecular weight is 339 g/mol. The fraction of sp³-hybridized carbons (Fsp3) is 0.421. The molecule has 1 spiro atoms. The summed E-state index contributed by atoms with van der Waals surface area (Å²) in [5.74, 6) is 0.391. The molecule has 2 aliphatic heterocycles. The fourth-order valence-electron chi connectivity index (χ4n) is 3.99. The van der Waals surface area contributed by atoms with Gasteiger partial charge in [0.15, 0.2) is 5.76 Å². The lowest BCUT2D eigenvalue weighted by atomic mass is 9.78. The largest absolute Gasteiger partial charge is 0.459 e. The van der Waals surface area contributed by atoms with Gasteiger partial charge in [0.25, 0.3) is 5.91 Å². The minimum atomic E-state index is -0.437. The predicted octanol–water partition coefficient (Wildman–Crippen LogP) is 2.33. The van der Waals surface area contributed by atoms with E-state index in [1.165, 1.54) is 6.26 Å². The van der Waals surface area contributed by atoms with Gasteiger partial charge >= 0.3 is 0 Å². The lowest BCUT2D eigenvalue weighted by Gasteiger charge is -2.38. The zero-order chi connectivity index (χ0) is 17.3. The molecule has 25 heavy (non-hydrogen) atoms. The number of carbonyl (C=O) groups excluding carboxylic acids is 2. The zero-order valence-electron chi connectivity index (χ0n) is 14.1. The van der Waals surface area contributed by atoms with Crippen LogP contribution in [0.25, 0.3) is 0 Å². The van der Waals surface area contributed by atoms with Crippen molar-refractivity contribution in [3.63, 3.8) is 0 Å². The molecule has 0 bridgehead atoms. The number of hydrogen-bond acceptors (Lipinski definition) is 4. The van der Waals surface area contributed by atoms with Gasteiger partial charge < -0.3 is 14.2 Å². The lowest BCUT2D eigenvalue weighted by molar-refractivity contribution is -0.138. The Morgan fingerprint density at radius 1 is 1.20 bits per heavy atom. The van der Waals surface area contributed by atoms with E-state index >= 15 is 0 Å². The summed E-state index contributed by atoms with van der Waals surface area (Å²) >= 11 is 0. The van der Waals surface area contributed by atoms with Gasteiger partial charge in [-0.3, -0.25) is 14.6 Å². The SMILES string of the molecule is O=C(c1ccco1)N1CCC[C@@]2(CCN(Cc3ccncc3)C2=O)C1. The van der Waals surface area contributed by atoms with E-state index in [1.54, 1.807) is 29.4 Å². The van der Waals surface area contributed by atoms with E-state index in [1.807, 2.05) is 17.0 Å². The highest BCUT2D eigenvalue weighted by molar-refractivity contribution is 5.93. The summed E-state index contributed by atoms with van der Waals surface area (Å²) in [7, 11) is 0. The van der Waals surface area contributed by atoms with Crippen LogP contribution in [0.5, 0.6) is 0 Å². The number of carbonyl (C=O) groups is 2. The molecular weight excluding hydrogens is 318 g/mol. The van der Waals surface area contributed by atoms with Gasteiger partial charge in [0.2, 0.25) is 5.91 Å². The molecule has 2 aliphatic rings. The Kier molecular flexibility index (Phi) is 4.03. The van der Waals surface area contributed by atoms with Gasteiger partial charge in [-0.1, -0.05) is 0 Å². The molecule has 0 aliphatic carbocycles. The fourth-order valence-corrected chi connectivity index (χ4v) is 3.99. The van der Waals surface area contributed by atoms with Crippen LogP contribution < -0.4 is 0 Å². The first-order valence-electron chi connectivity index (χ1n) is 8.69. The summed E-state index contributed by atoms with van der Waals surface area (Å²) in [6, 6.07) is 7.26. The highest BCUT2D eigenvalue weighted by Gasteiger charge is 2.49. The number of hydrogen-bond donors (Lipinski definition) is 0. The van der Waals surface area contributed by atoms with Crippen LogP contribution in [0.15, 0.2) is 47.3 Å². The van der Waals surface area contributed by atoms with Crippen molar-refractivity contribution < 1.29 is 14.0 Å². The molecule has 0 N–H and O–H groups in total. The van der Waals surface area contributed by atoms with E-state index in [2.05, 4.69) is 4.98 Å². The van der Waals surface area contributed by atoms with Crippen molar-refractivity contribution in [3.05, 3.63) is 54.2 Å². The van der Waals surface area contributed by atoms with Gasteiger partial charge in [-0.05, 0) is 49.1 Å². The smallest absolute Gasteiger partial charge is 0.289 e. The summed E-state index contributed by atoms with van der Waals surface area (Å²) in [6.07, 6.45) is 7.50. The molecule has 4 heterocycles. The molecular formula is C19H21N3O3. The quantitative estimate of drug-likeness (QED) is 0.861. The van der Waals surface area contributed by atoms with Crippen LogP contribution in [0, 0.1) is 5.41 Å². The molecule has 130 valence electrons. The molecule has 0 saturated carbocycles. The van der Waals surface area contributed by atoms with Crippen molar-refractivity contribution in [2.24, 2.45) is 5.41 Å². The molecule has 2 saturated heterocycles. The number of rotatable bonds is 3. The van der Waals surface area contributed by atoms with Gasteiger partial charge in [0.05, 0.1) is 11.7 Å². The minimum Gasteiger partial charge on any atom is -0.459 e. The summed E-state index contributed by atoms with van der Waals surface area (Å²) in [6.45, 7) is 2.51. The molecule has 1 atom stereocenters. The average Bonchev–Trinajstić information content (AvgIpc) is 3.28. The number of amides is 2. The third-order valence-electron chi connectivity index (χ3n) is 5.32. The summed E-state index contributed by atoms with van der Waals surface area (Å²) < 4.78 is 5.23. The first-order valence-corrected chi connectivity index (χ1v) is 8.69. The van der Waals surface area contributed by atoms with E-state index in [0.717, 1.165) is 31.4 Å². The van der Waals surface area contributed by atoms with E-state index in [9.17, 15) is 9.59 Å². The molecule has 6 heteroatoms. The van der Waals surface area contributed by atoms with Crippen LogP contribution >= 0.6 is 0 Å². The van der Waals surface area contributed by atoms with Gasteiger partial charge in [0.1, 0.15) is 0 Å². The van der Waals surface area contributed by atoms with Crippen molar-refractivity contribution >= 4 is 11.8 Å². The second-order valence-electron chi connectivity index (χ2n) is 6.92. The van der Waals surface area contributed by atoms with Crippen molar-refractivity contribution in [2.75, 3.05) is 19.6 Å². The van der Waals surface area contributed by atoms with Crippen molar-refractivity contribution in [3.8, 4) is 0 Å². The Hall–Kier alpha value is -2.63. The molecule has 2 aromatic rings.